The first-order valence-electron chi connectivity index (χ1n) is 13.4. The number of esters is 3. The van der Waals surface area contributed by atoms with Gasteiger partial charge in [0.2, 0.25) is 0 Å². The van der Waals surface area contributed by atoms with Crippen LogP contribution in [0, 0.1) is 34.5 Å². The number of fused-ring (bicyclic) bond motifs is 5. The molecule has 0 bridgehead atoms. The van der Waals surface area contributed by atoms with Gasteiger partial charge in [-0.05, 0) is 55.8 Å². The predicted molar refractivity (Wildman–Crippen MR) is 134 cm³/mol. The topological polar surface area (TPSA) is 105 Å². The van der Waals surface area contributed by atoms with Crippen molar-refractivity contribution in [2.75, 3.05) is 7.11 Å². The minimum Gasteiger partial charge on any atom is -0.504 e. The molecule has 9 atom stereocenters. The number of methoxy groups -OCH3 is 1. The van der Waals surface area contributed by atoms with E-state index in [2.05, 4.69) is 13.0 Å². The van der Waals surface area contributed by atoms with Crippen LogP contribution in [0.4, 0.5) is 0 Å². The number of ketones is 1. The zero-order chi connectivity index (χ0) is 27.1. The molecule has 0 N–H and O–H groups in total. The van der Waals surface area contributed by atoms with Gasteiger partial charge in [0.15, 0.2) is 5.78 Å². The summed E-state index contributed by atoms with van der Waals surface area (Å²) in [6.07, 6.45) is 8.03. The molecule has 3 saturated carbocycles. The molecule has 0 aromatic rings. The van der Waals surface area contributed by atoms with Gasteiger partial charge in [0.1, 0.15) is 18.3 Å². The lowest BCUT2D eigenvalue weighted by Crippen LogP contribution is -2.65. The lowest BCUT2D eigenvalue weighted by atomic mass is 9.44. The third-order valence-corrected chi connectivity index (χ3v) is 9.71. The van der Waals surface area contributed by atoms with Crippen LogP contribution in [0.2, 0.25) is 0 Å². The van der Waals surface area contributed by atoms with Crippen LogP contribution < -0.4 is 0 Å². The highest BCUT2D eigenvalue weighted by Gasteiger charge is 2.67. The average Bonchev–Trinajstić information content (AvgIpc) is 3.17. The number of rotatable bonds is 6. The Labute approximate surface area is 219 Å². The number of hydrogen-bond acceptors (Lipinski definition) is 8. The number of carbonyl (C=O) groups is 4. The molecule has 0 aromatic carbocycles. The fourth-order valence-electron chi connectivity index (χ4n) is 8.29. The molecule has 0 amide bonds. The average molecular weight is 517 g/mol. The van der Waals surface area contributed by atoms with Crippen LogP contribution >= 0.6 is 0 Å². The van der Waals surface area contributed by atoms with Crippen molar-refractivity contribution in [3.63, 3.8) is 0 Å². The van der Waals surface area contributed by atoms with E-state index in [4.69, 9.17) is 18.9 Å². The first-order chi connectivity index (χ1) is 17.4. The minimum absolute atomic E-state index is 0.0829. The molecule has 0 heterocycles. The van der Waals surface area contributed by atoms with Crippen LogP contribution in [0.15, 0.2) is 24.0 Å². The summed E-state index contributed by atoms with van der Waals surface area (Å²) >= 11 is 0. The monoisotopic (exact) mass is 516 g/mol. The van der Waals surface area contributed by atoms with E-state index in [0.717, 1.165) is 37.7 Å². The normalized spacial score (nSPS) is 40.5. The van der Waals surface area contributed by atoms with Crippen molar-refractivity contribution in [3.8, 4) is 0 Å². The second kappa shape index (κ2) is 10.3. The van der Waals surface area contributed by atoms with Gasteiger partial charge < -0.3 is 18.9 Å². The Morgan fingerprint density at radius 1 is 0.946 bits per heavy atom. The Morgan fingerprint density at radius 3 is 2.24 bits per heavy atom. The summed E-state index contributed by atoms with van der Waals surface area (Å²) in [6, 6.07) is 0. The number of carbonyl (C=O) groups excluding carboxylic acids is 4. The second-order valence-electron chi connectivity index (χ2n) is 11.7. The molecular weight excluding hydrogens is 476 g/mol. The molecule has 8 nitrogen and oxygen atoms in total. The van der Waals surface area contributed by atoms with Gasteiger partial charge in [0, 0.05) is 44.1 Å². The van der Waals surface area contributed by atoms with Crippen molar-refractivity contribution >= 4 is 23.7 Å². The van der Waals surface area contributed by atoms with Gasteiger partial charge in [-0.2, -0.15) is 0 Å². The van der Waals surface area contributed by atoms with E-state index in [1.165, 1.54) is 40.2 Å². The fourth-order valence-corrected chi connectivity index (χ4v) is 8.29. The van der Waals surface area contributed by atoms with Crippen LogP contribution in [0.5, 0.6) is 0 Å². The molecule has 1 unspecified atom stereocenters. The maximum Gasteiger partial charge on any atom is 0.303 e. The maximum absolute atomic E-state index is 13.3. The summed E-state index contributed by atoms with van der Waals surface area (Å²) in [6.45, 7) is 8.42. The van der Waals surface area contributed by atoms with Crippen molar-refractivity contribution in [3.05, 3.63) is 24.0 Å². The SMILES string of the molecule is CO/C=C/C(=O)[C@H]1CC=C2[C@@H]3CCC4C[C@@H](OC(C)=O)CC[C@]4(C)[C@H]3[C@H](OC(C)=O)[C@H](OC(C)=O)[C@@]21C. The van der Waals surface area contributed by atoms with Crippen molar-refractivity contribution in [1.29, 1.82) is 0 Å². The van der Waals surface area contributed by atoms with Gasteiger partial charge >= 0.3 is 17.9 Å². The summed E-state index contributed by atoms with van der Waals surface area (Å²) in [4.78, 5) is 49.9. The molecule has 0 aromatic heterocycles. The lowest BCUT2D eigenvalue weighted by Gasteiger charge is -2.62. The van der Waals surface area contributed by atoms with Gasteiger partial charge in [-0.1, -0.05) is 25.5 Å². The summed E-state index contributed by atoms with van der Waals surface area (Å²) in [5.74, 6) is -1.44. The molecule has 4 aliphatic carbocycles. The van der Waals surface area contributed by atoms with Crippen LogP contribution in [0.25, 0.3) is 0 Å². The van der Waals surface area contributed by atoms with Crippen molar-refractivity contribution in [2.45, 2.75) is 91.5 Å². The van der Waals surface area contributed by atoms with Gasteiger partial charge in [-0.15, -0.1) is 0 Å². The van der Waals surface area contributed by atoms with Gasteiger partial charge in [-0.3, -0.25) is 19.2 Å². The summed E-state index contributed by atoms with van der Waals surface area (Å²) in [7, 11) is 1.49. The highest BCUT2D eigenvalue weighted by Crippen LogP contribution is 2.67. The van der Waals surface area contributed by atoms with E-state index >= 15 is 0 Å². The third kappa shape index (κ3) is 4.72. The molecule has 37 heavy (non-hydrogen) atoms. The zero-order valence-electron chi connectivity index (χ0n) is 22.8. The van der Waals surface area contributed by atoms with Crippen molar-refractivity contribution in [2.24, 2.45) is 34.5 Å². The highest BCUT2D eigenvalue weighted by atomic mass is 16.6. The molecule has 4 aliphatic rings. The van der Waals surface area contributed by atoms with Gasteiger partial charge in [0.25, 0.3) is 0 Å². The standard InChI is InChI=1S/C29H40O8/c1-16(30)35-20-11-13-28(4)19(15-20)7-8-21-22-9-10-23(24(33)12-14-34-6)29(22,5)27(37-18(3)32)26(25(21)28)36-17(2)31/h9,12,14,19-21,23,25-27H,7-8,10-11,13,15H2,1-6H3/b14-12+/t19?,20-,21-,23+,25+,26-,27-,28-,29-/m0/s1. The zero-order valence-corrected chi connectivity index (χ0v) is 22.8. The third-order valence-electron chi connectivity index (χ3n) is 9.71. The van der Waals surface area contributed by atoms with E-state index in [1.54, 1.807) is 0 Å². The van der Waals surface area contributed by atoms with Crippen molar-refractivity contribution < 1.29 is 38.1 Å². The van der Waals surface area contributed by atoms with E-state index in [0.29, 0.717) is 6.42 Å². The highest BCUT2D eigenvalue weighted by molar-refractivity contribution is 5.93. The first-order valence-corrected chi connectivity index (χ1v) is 13.4. The van der Waals surface area contributed by atoms with Crippen LogP contribution in [0.3, 0.4) is 0 Å². The second-order valence-corrected chi connectivity index (χ2v) is 11.7. The molecule has 3 fully saturated rings. The Bertz CT molecular complexity index is 1010. The molecule has 0 aliphatic heterocycles. The molecule has 0 radical (unpaired) electrons. The quantitative estimate of drug-likeness (QED) is 0.169. The van der Waals surface area contributed by atoms with Crippen LogP contribution in [-0.2, 0) is 38.1 Å². The Balaban J connectivity index is 1.79. The largest absolute Gasteiger partial charge is 0.504 e. The minimum atomic E-state index is -0.805. The molecule has 4 rings (SSSR count). The lowest BCUT2D eigenvalue weighted by molar-refractivity contribution is -0.218. The van der Waals surface area contributed by atoms with E-state index in [9.17, 15) is 19.2 Å². The molecule has 0 saturated heterocycles. The van der Waals surface area contributed by atoms with Crippen LogP contribution in [0.1, 0.15) is 73.1 Å². The Morgan fingerprint density at radius 2 is 1.62 bits per heavy atom. The van der Waals surface area contributed by atoms with E-state index in [1.807, 2.05) is 6.92 Å². The van der Waals surface area contributed by atoms with Crippen molar-refractivity contribution in [1.82, 2.24) is 0 Å². The summed E-state index contributed by atoms with van der Waals surface area (Å²) in [5, 5.41) is 0. The van der Waals surface area contributed by atoms with E-state index in [-0.39, 0.29) is 41.0 Å². The number of ether oxygens (including phenoxy) is 4. The maximum atomic E-state index is 13.3. The number of hydrogen-bond donors (Lipinski definition) is 0. The van der Waals surface area contributed by atoms with Gasteiger partial charge in [-0.25, -0.2) is 0 Å². The molecular formula is C29H40O8. The summed E-state index contributed by atoms with van der Waals surface area (Å²) < 4.78 is 22.7. The molecule has 8 heteroatoms. The number of allylic oxidation sites excluding steroid dienone is 2. The smallest absolute Gasteiger partial charge is 0.303 e. The fraction of sp³-hybridized carbons (Fsp3) is 0.724. The van der Waals surface area contributed by atoms with Crippen LogP contribution in [-0.4, -0.2) is 49.1 Å². The van der Waals surface area contributed by atoms with E-state index < -0.39 is 35.5 Å². The summed E-state index contributed by atoms with van der Waals surface area (Å²) in [5.41, 5.74) is 0.122. The Hall–Kier alpha value is -2.64. The molecule has 204 valence electrons. The Kier molecular flexibility index (Phi) is 7.59. The van der Waals surface area contributed by atoms with Gasteiger partial charge in [0.05, 0.1) is 13.4 Å². The first kappa shape index (κ1) is 27.4. The predicted octanol–water partition coefficient (Wildman–Crippen LogP) is 4.31. The molecule has 0 spiro atoms.